The van der Waals surface area contributed by atoms with Gasteiger partial charge >= 0.3 is 5.97 Å². The number of esters is 1. The molecule has 2 heterocycles. The molecule has 36 heavy (non-hydrogen) atoms. The van der Waals surface area contributed by atoms with Crippen molar-refractivity contribution in [3.8, 4) is 23.0 Å². The van der Waals surface area contributed by atoms with E-state index < -0.39 is 12.1 Å². The fraction of sp³-hybridized carbons (Fsp3) is 0.333. The highest BCUT2D eigenvalue weighted by Gasteiger charge is 2.33. The van der Waals surface area contributed by atoms with E-state index in [-0.39, 0.29) is 11.5 Å². The average Bonchev–Trinajstić information content (AvgIpc) is 3.25. The zero-order chi connectivity index (χ0) is 25.4. The molecule has 5 rings (SSSR count). The fourth-order valence-electron chi connectivity index (χ4n) is 4.75. The van der Waals surface area contributed by atoms with Crippen LogP contribution in [0.3, 0.4) is 0 Å². The van der Waals surface area contributed by atoms with Crippen LogP contribution in [0.1, 0.15) is 56.2 Å². The van der Waals surface area contributed by atoms with Gasteiger partial charge in [-0.2, -0.15) is 0 Å². The Morgan fingerprint density at radius 1 is 1.03 bits per heavy atom. The van der Waals surface area contributed by atoms with Gasteiger partial charge in [0.15, 0.2) is 11.5 Å². The van der Waals surface area contributed by atoms with Crippen LogP contribution in [0.5, 0.6) is 23.0 Å². The molecule has 1 aliphatic heterocycles. The van der Waals surface area contributed by atoms with Crippen molar-refractivity contribution < 1.29 is 28.5 Å². The molecular formula is C27H28N2O6S. The maximum atomic E-state index is 13.0. The molecule has 1 aromatic heterocycles. The Bertz CT molecular complexity index is 1310. The summed E-state index contributed by atoms with van der Waals surface area (Å²) < 4.78 is 21.6. The van der Waals surface area contributed by atoms with E-state index >= 15 is 0 Å². The molecule has 3 aromatic rings. The Morgan fingerprint density at radius 3 is 2.47 bits per heavy atom. The highest BCUT2D eigenvalue weighted by atomic mass is 32.1. The fourth-order valence-corrected chi connectivity index (χ4v) is 6.19. The minimum atomic E-state index is -0.575. The Balaban J connectivity index is 1.37. The largest absolute Gasteiger partial charge is 0.493 e. The van der Waals surface area contributed by atoms with Crippen molar-refractivity contribution in [2.45, 2.75) is 32.4 Å². The summed E-state index contributed by atoms with van der Waals surface area (Å²) in [4.78, 5) is 27.3. The highest BCUT2D eigenvalue weighted by Crippen LogP contribution is 2.43. The van der Waals surface area contributed by atoms with Gasteiger partial charge in [-0.1, -0.05) is 19.1 Å². The van der Waals surface area contributed by atoms with Crippen LogP contribution < -0.4 is 29.6 Å². The van der Waals surface area contributed by atoms with Crippen LogP contribution in [-0.2, 0) is 12.8 Å². The molecule has 0 radical (unpaired) electrons. The number of thiophene rings is 1. The van der Waals surface area contributed by atoms with Gasteiger partial charge in [-0.25, -0.2) is 4.79 Å². The lowest BCUT2D eigenvalue weighted by molar-refractivity contribution is 0.0733. The normalized spacial score (nSPS) is 18.3. The van der Waals surface area contributed by atoms with E-state index in [9.17, 15) is 9.59 Å². The predicted molar refractivity (Wildman–Crippen MR) is 137 cm³/mol. The second-order valence-electron chi connectivity index (χ2n) is 8.98. The van der Waals surface area contributed by atoms with E-state index in [1.54, 1.807) is 29.5 Å². The second kappa shape index (κ2) is 9.73. The van der Waals surface area contributed by atoms with E-state index in [0.717, 1.165) is 35.4 Å². The number of nitrogens with one attached hydrogen (secondary N) is 2. The number of hydrogen-bond acceptors (Lipinski definition) is 8. The van der Waals surface area contributed by atoms with Gasteiger partial charge in [0.1, 0.15) is 16.9 Å². The lowest BCUT2D eigenvalue weighted by atomic mass is 9.88. The van der Waals surface area contributed by atoms with Gasteiger partial charge in [0.2, 0.25) is 5.75 Å². The first-order chi connectivity index (χ1) is 17.4. The quantitative estimate of drug-likeness (QED) is 0.358. The third kappa shape index (κ3) is 4.35. The molecule has 0 bridgehead atoms. The number of ether oxygens (including phenoxy) is 4. The van der Waals surface area contributed by atoms with Gasteiger partial charge in [0.25, 0.3) is 5.91 Å². The Labute approximate surface area is 213 Å². The average molecular weight is 509 g/mol. The molecule has 1 aliphatic carbocycles. The standard InChI is InChI=1S/C27H28N2O6S/c1-14-8-9-18-21(10-14)36-26-22(18)25(30)28-24(29-26)15-6-5-7-17(11-15)35-27(31)16-12-19(32-2)23(34-4)20(13-16)33-3/h5-7,11-14,24,29H,8-10H2,1-4H3,(H,28,30)/t14-,24+/m1/s1. The van der Waals surface area contributed by atoms with Gasteiger partial charge in [0.05, 0.1) is 32.5 Å². The Kier molecular flexibility index (Phi) is 6.49. The predicted octanol–water partition coefficient (Wildman–Crippen LogP) is 4.97. The number of carbonyl (C=O) groups is 2. The Morgan fingerprint density at radius 2 is 1.78 bits per heavy atom. The summed E-state index contributed by atoms with van der Waals surface area (Å²) in [5.41, 5.74) is 3.00. The molecule has 1 amide bonds. The van der Waals surface area contributed by atoms with Crippen molar-refractivity contribution >= 4 is 28.2 Å². The van der Waals surface area contributed by atoms with Crippen molar-refractivity contribution in [2.75, 3.05) is 26.6 Å². The first-order valence-corrected chi connectivity index (χ1v) is 12.6. The summed E-state index contributed by atoms with van der Waals surface area (Å²) in [5, 5.41) is 7.44. The molecule has 0 saturated carbocycles. The molecule has 2 aromatic carbocycles. The molecule has 0 unspecified atom stereocenters. The van der Waals surface area contributed by atoms with Crippen LogP contribution in [0, 0.1) is 5.92 Å². The first kappa shape index (κ1) is 24.0. The van der Waals surface area contributed by atoms with Crippen molar-refractivity contribution in [3.63, 3.8) is 0 Å². The number of fused-ring (bicyclic) bond motifs is 3. The lowest BCUT2D eigenvalue weighted by Crippen LogP contribution is -2.38. The van der Waals surface area contributed by atoms with Crippen molar-refractivity contribution in [1.29, 1.82) is 0 Å². The molecule has 0 fully saturated rings. The van der Waals surface area contributed by atoms with Crippen molar-refractivity contribution in [3.05, 3.63) is 63.5 Å². The summed E-state index contributed by atoms with van der Waals surface area (Å²) in [6.07, 6.45) is 2.63. The summed E-state index contributed by atoms with van der Waals surface area (Å²) in [7, 11) is 4.46. The molecule has 0 saturated heterocycles. The summed E-state index contributed by atoms with van der Waals surface area (Å²) in [6, 6.07) is 10.2. The van der Waals surface area contributed by atoms with E-state index in [2.05, 4.69) is 17.6 Å². The maximum Gasteiger partial charge on any atom is 0.343 e. The first-order valence-electron chi connectivity index (χ1n) is 11.8. The molecule has 2 aliphatic rings. The number of benzene rings is 2. The highest BCUT2D eigenvalue weighted by molar-refractivity contribution is 7.16. The third-order valence-electron chi connectivity index (χ3n) is 6.59. The number of amides is 1. The third-order valence-corrected chi connectivity index (χ3v) is 7.78. The SMILES string of the molecule is COc1cc(C(=O)Oc2cccc([C@H]3NC(=O)c4c(sc5c4CC[C@@H](C)C5)N3)c2)cc(OC)c1OC. The molecule has 2 atom stereocenters. The second-order valence-corrected chi connectivity index (χ2v) is 10.1. The van der Waals surface area contributed by atoms with Gasteiger partial charge in [-0.05, 0) is 60.6 Å². The molecule has 2 N–H and O–H groups in total. The number of anilines is 1. The number of methoxy groups -OCH3 is 3. The number of rotatable bonds is 6. The van der Waals surface area contributed by atoms with Crippen molar-refractivity contribution in [1.82, 2.24) is 5.32 Å². The van der Waals surface area contributed by atoms with Crippen LogP contribution >= 0.6 is 11.3 Å². The molecule has 0 spiro atoms. The maximum absolute atomic E-state index is 13.0. The van der Waals surface area contributed by atoms with E-state index in [4.69, 9.17) is 18.9 Å². The minimum absolute atomic E-state index is 0.0689. The van der Waals surface area contributed by atoms with E-state index in [0.29, 0.717) is 28.9 Å². The topological polar surface area (TPSA) is 95.1 Å². The zero-order valence-corrected chi connectivity index (χ0v) is 21.4. The molecule has 8 nitrogen and oxygen atoms in total. The number of hydrogen-bond donors (Lipinski definition) is 2. The van der Waals surface area contributed by atoms with Gasteiger partial charge in [0, 0.05) is 4.88 Å². The van der Waals surface area contributed by atoms with E-state index in [1.165, 1.54) is 43.9 Å². The van der Waals surface area contributed by atoms with E-state index in [1.807, 2.05) is 6.07 Å². The van der Waals surface area contributed by atoms with Gasteiger partial charge < -0.3 is 29.6 Å². The molecule has 188 valence electrons. The number of carbonyl (C=O) groups excluding carboxylic acids is 2. The van der Waals surface area contributed by atoms with Crippen LogP contribution in [-0.4, -0.2) is 33.2 Å². The van der Waals surface area contributed by atoms with Gasteiger partial charge in [-0.3, -0.25) is 4.79 Å². The molecular weight excluding hydrogens is 480 g/mol. The minimum Gasteiger partial charge on any atom is -0.493 e. The summed E-state index contributed by atoms with van der Waals surface area (Å²) >= 11 is 1.67. The van der Waals surface area contributed by atoms with Crippen LogP contribution in [0.4, 0.5) is 5.00 Å². The summed E-state index contributed by atoms with van der Waals surface area (Å²) in [5.74, 6) is 1.45. The summed E-state index contributed by atoms with van der Waals surface area (Å²) in [6.45, 7) is 2.25. The smallest absolute Gasteiger partial charge is 0.343 e. The monoisotopic (exact) mass is 508 g/mol. The van der Waals surface area contributed by atoms with Gasteiger partial charge in [-0.15, -0.1) is 11.3 Å². The lowest BCUT2D eigenvalue weighted by Gasteiger charge is -2.27. The zero-order valence-electron chi connectivity index (χ0n) is 20.6. The Hall–Kier alpha value is -3.72. The molecule has 9 heteroatoms. The van der Waals surface area contributed by atoms with Crippen LogP contribution in [0.2, 0.25) is 0 Å². The van der Waals surface area contributed by atoms with Crippen LogP contribution in [0.15, 0.2) is 36.4 Å². The van der Waals surface area contributed by atoms with Crippen molar-refractivity contribution in [2.24, 2.45) is 5.92 Å². The van der Waals surface area contributed by atoms with Crippen LogP contribution in [0.25, 0.3) is 0 Å².